The zero-order valence-electron chi connectivity index (χ0n) is 10.6. The molecule has 0 aliphatic carbocycles. The lowest BCUT2D eigenvalue weighted by atomic mass is 9.80. The Bertz CT molecular complexity index is 248. The molecule has 2 atom stereocenters. The van der Waals surface area contributed by atoms with Crippen molar-refractivity contribution in [1.82, 2.24) is 0 Å². The van der Waals surface area contributed by atoms with Crippen LogP contribution >= 0.6 is 31.9 Å². The number of halogens is 2. The third kappa shape index (κ3) is 6.61. The number of carboxylic acid groups (broad SMARTS) is 1. The van der Waals surface area contributed by atoms with Crippen LogP contribution in [0, 0.1) is 17.8 Å². The molecule has 0 aromatic carbocycles. The van der Waals surface area contributed by atoms with E-state index in [1.165, 1.54) is 0 Å². The Hall–Kier alpha value is 0.170. The Labute approximate surface area is 121 Å². The number of hydrogen-bond acceptors (Lipinski definition) is 1. The Morgan fingerprint density at radius 2 is 1.76 bits per heavy atom. The maximum absolute atomic E-state index is 11.1. The van der Waals surface area contributed by atoms with E-state index in [-0.39, 0.29) is 11.8 Å². The number of carboxylic acids is 1. The van der Waals surface area contributed by atoms with Crippen LogP contribution in [0.4, 0.5) is 0 Å². The largest absolute Gasteiger partial charge is 0.481 e. The van der Waals surface area contributed by atoms with Crippen molar-refractivity contribution in [2.45, 2.75) is 33.1 Å². The van der Waals surface area contributed by atoms with Gasteiger partial charge in [0.1, 0.15) is 0 Å². The molecule has 17 heavy (non-hydrogen) atoms. The van der Waals surface area contributed by atoms with E-state index in [1.807, 2.05) is 6.92 Å². The van der Waals surface area contributed by atoms with Crippen molar-refractivity contribution in [2.24, 2.45) is 17.8 Å². The molecule has 0 aromatic rings. The number of aliphatic carboxylic acids is 1. The quantitative estimate of drug-likeness (QED) is 0.480. The molecule has 0 aromatic heterocycles. The predicted molar refractivity (Wildman–Crippen MR) is 80.0 cm³/mol. The van der Waals surface area contributed by atoms with Crippen molar-refractivity contribution in [3.63, 3.8) is 0 Å². The smallest absolute Gasteiger partial charge is 0.306 e. The van der Waals surface area contributed by atoms with E-state index in [0.29, 0.717) is 5.92 Å². The third-order valence-electron chi connectivity index (χ3n) is 3.25. The highest BCUT2D eigenvalue weighted by atomic mass is 79.9. The van der Waals surface area contributed by atoms with Gasteiger partial charge in [-0.25, -0.2) is 0 Å². The van der Waals surface area contributed by atoms with E-state index in [0.717, 1.165) is 35.5 Å². The first-order chi connectivity index (χ1) is 7.93. The number of hydrogen-bond donors (Lipinski definition) is 1. The van der Waals surface area contributed by atoms with Gasteiger partial charge in [0.25, 0.3) is 0 Å². The number of carbonyl (C=O) groups is 1. The SMILES string of the molecule is C=C(C)[C@@H](CC(CCBr)CCBr)[C@H](C)C(=O)O. The van der Waals surface area contributed by atoms with Crippen LogP contribution in [0.2, 0.25) is 0 Å². The van der Waals surface area contributed by atoms with Gasteiger partial charge in [-0.05, 0) is 38.0 Å². The van der Waals surface area contributed by atoms with Crippen molar-refractivity contribution in [1.29, 1.82) is 0 Å². The summed E-state index contributed by atoms with van der Waals surface area (Å²) in [5.74, 6) is -0.442. The van der Waals surface area contributed by atoms with Gasteiger partial charge in [-0.1, -0.05) is 50.9 Å². The van der Waals surface area contributed by atoms with Gasteiger partial charge in [-0.15, -0.1) is 0 Å². The van der Waals surface area contributed by atoms with Crippen LogP contribution in [-0.2, 0) is 4.79 Å². The van der Waals surface area contributed by atoms with Crippen molar-refractivity contribution in [2.75, 3.05) is 10.7 Å². The second-order valence-electron chi connectivity index (χ2n) is 4.64. The van der Waals surface area contributed by atoms with Gasteiger partial charge in [-0.3, -0.25) is 4.79 Å². The minimum atomic E-state index is -0.727. The van der Waals surface area contributed by atoms with Crippen LogP contribution in [0.5, 0.6) is 0 Å². The van der Waals surface area contributed by atoms with E-state index < -0.39 is 5.97 Å². The summed E-state index contributed by atoms with van der Waals surface area (Å²) in [7, 11) is 0. The zero-order valence-corrected chi connectivity index (χ0v) is 13.8. The first-order valence-electron chi connectivity index (χ1n) is 5.94. The minimum Gasteiger partial charge on any atom is -0.481 e. The van der Waals surface area contributed by atoms with Crippen molar-refractivity contribution in [3.8, 4) is 0 Å². The highest BCUT2D eigenvalue weighted by Crippen LogP contribution is 2.30. The monoisotopic (exact) mass is 368 g/mol. The molecule has 2 nitrogen and oxygen atoms in total. The fourth-order valence-corrected chi connectivity index (χ4v) is 3.35. The first kappa shape index (κ1) is 17.2. The number of rotatable bonds is 9. The summed E-state index contributed by atoms with van der Waals surface area (Å²) in [6, 6.07) is 0. The highest BCUT2D eigenvalue weighted by Gasteiger charge is 2.26. The third-order valence-corrected chi connectivity index (χ3v) is 4.16. The molecule has 0 unspecified atom stereocenters. The van der Waals surface area contributed by atoms with E-state index in [2.05, 4.69) is 38.4 Å². The lowest BCUT2D eigenvalue weighted by Crippen LogP contribution is -2.24. The number of alkyl halides is 2. The Kier molecular flexibility index (Phi) is 9.24. The van der Waals surface area contributed by atoms with Crippen LogP contribution in [-0.4, -0.2) is 21.7 Å². The summed E-state index contributed by atoms with van der Waals surface area (Å²) >= 11 is 6.92. The van der Waals surface area contributed by atoms with Crippen LogP contribution in [0.25, 0.3) is 0 Å². The lowest BCUT2D eigenvalue weighted by molar-refractivity contribution is -0.142. The van der Waals surface area contributed by atoms with Gasteiger partial charge in [0, 0.05) is 10.7 Å². The van der Waals surface area contributed by atoms with Gasteiger partial charge in [0.05, 0.1) is 5.92 Å². The summed E-state index contributed by atoms with van der Waals surface area (Å²) < 4.78 is 0. The van der Waals surface area contributed by atoms with Crippen LogP contribution in [0.3, 0.4) is 0 Å². The maximum Gasteiger partial charge on any atom is 0.306 e. The fourth-order valence-electron chi connectivity index (χ4n) is 2.05. The second kappa shape index (κ2) is 9.15. The molecule has 0 radical (unpaired) electrons. The molecule has 100 valence electrons. The first-order valence-corrected chi connectivity index (χ1v) is 8.18. The second-order valence-corrected chi connectivity index (χ2v) is 6.22. The van der Waals surface area contributed by atoms with Gasteiger partial charge in [0.15, 0.2) is 0 Å². The minimum absolute atomic E-state index is 0.0793. The molecule has 0 bridgehead atoms. The predicted octanol–water partition coefficient (Wildman–Crippen LogP) is 4.48. The van der Waals surface area contributed by atoms with Crippen molar-refractivity contribution >= 4 is 37.8 Å². The Morgan fingerprint density at radius 3 is 2.06 bits per heavy atom. The topological polar surface area (TPSA) is 37.3 Å². The molecule has 0 aliphatic rings. The molecule has 1 N–H and O–H groups in total. The lowest BCUT2D eigenvalue weighted by Gasteiger charge is -2.26. The summed E-state index contributed by atoms with van der Waals surface area (Å²) in [6.45, 7) is 7.66. The maximum atomic E-state index is 11.1. The average molecular weight is 370 g/mol. The molecule has 0 spiro atoms. The molecular formula is C13H22Br2O2. The van der Waals surface area contributed by atoms with Crippen LogP contribution in [0.15, 0.2) is 12.2 Å². The summed E-state index contributed by atoms with van der Waals surface area (Å²) in [5, 5.41) is 11.0. The van der Waals surface area contributed by atoms with E-state index in [4.69, 9.17) is 5.11 Å². The molecule has 0 rings (SSSR count). The zero-order chi connectivity index (χ0) is 13.4. The summed E-state index contributed by atoms with van der Waals surface area (Å²) in [4.78, 5) is 11.1. The van der Waals surface area contributed by atoms with Crippen LogP contribution in [0.1, 0.15) is 33.1 Å². The van der Waals surface area contributed by atoms with Gasteiger partial charge in [0.2, 0.25) is 0 Å². The molecule has 0 heterocycles. The molecule has 0 saturated heterocycles. The van der Waals surface area contributed by atoms with E-state index in [9.17, 15) is 4.79 Å². The van der Waals surface area contributed by atoms with E-state index in [1.54, 1.807) is 6.92 Å². The van der Waals surface area contributed by atoms with Gasteiger partial charge < -0.3 is 5.11 Å². The summed E-state index contributed by atoms with van der Waals surface area (Å²) in [6.07, 6.45) is 3.09. The molecule has 0 amide bonds. The molecule has 4 heteroatoms. The van der Waals surface area contributed by atoms with Crippen molar-refractivity contribution in [3.05, 3.63) is 12.2 Å². The van der Waals surface area contributed by atoms with E-state index >= 15 is 0 Å². The van der Waals surface area contributed by atoms with Crippen LogP contribution < -0.4 is 0 Å². The Balaban J connectivity index is 4.59. The number of allylic oxidation sites excluding steroid dienone is 1. The highest BCUT2D eigenvalue weighted by molar-refractivity contribution is 9.09. The van der Waals surface area contributed by atoms with Crippen molar-refractivity contribution < 1.29 is 9.90 Å². The average Bonchev–Trinajstić information content (AvgIpc) is 2.24. The molecule has 0 aliphatic heterocycles. The summed E-state index contributed by atoms with van der Waals surface area (Å²) in [5.41, 5.74) is 0.981. The molecule has 0 fully saturated rings. The standard InChI is InChI=1S/C13H22Br2O2/c1-9(2)12(10(3)13(16)17)8-11(4-6-14)5-7-15/h10-12H,1,4-8H2,2-3H3,(H,16,17)/t10-,12+/m0/s1. The Morgan fingerprint density at radius 1 is 1.29 bits per heavy atom. The van der Waals surface area contributed by atoms with Gasteiger partial charge >= 0.3 is 5.97 Å². The molecule has 0 saturated carbocycles. The fraction of sp³-hybridized carbons (Fsp3) is 0.769. The van der Waals surface area contributed by atoms with Gasteiger partial charge in [-0.2, -0.15) is 0 Å². The molecular weight excluding hydrogens is 348 g/mol. The normalized spacial score (nSPS) is 14.6.